The maximum absolute atomic E-state index is 11.4. The first-order chi connectivity index (χ1) is 8.81. The summed E-state index contributed by atoms with van der Waals surface area (Å²) in [5.74, 6) is 0. The minimum Gasteiger partial charge on any atom is -0.444 e. The smallest absolute Gasteiger partial charge is 0.407 e. The largest absolute Gasteiger partial charge is 0.444 e. The van der Waals surface area contributed by atoms with Crippen molar-refractivity contribution in [2.75, 3.05) is 19.6 Å². The predicted molar refractivity (Wildman–Crippen MR) is 75.1 cm³/mol. The predicted octanol–water partition coefficient (Wildman–Crippen LogP) is 1.80. The standard InChI is InChI=1S/C14H28N2O3/c1-13(2,3)19-12(17)16-10-5-7-14(18)6-4-9-15-11-8-14/h15,18H,4-11H2,1-3H3,(H,16,17). The lowest BCUT2D eigenvalue weighted by Crippen LogP contribution is -2.35. The third-order valence-electron chi connectivity index (χ3n) is 3.25. The first kappa shape index (κ1) is 16.2. The Bertz CT molecular complexity index is 279. The highest BCUT2D eigenvalue weighted by atomic mass is 16.6. The molecule has 1 amide bonds. The Morgan fingerprint density at radius 3 is 2.79 bits per heavy atom. The molecule has 112 valence electrons. The fourth-order valence-electron chi connectivity index (χ4n) is 2.29. The summed E-state index contributed by atoms with van der Waals surface area (Å²) in [5.41, 5.74) is -1.03. The van der Waals surface area contributed by atoms with E-state index in [1.54, 1.807) is 0 Å². The molecule has 0 saturated carbocycles. The van der Waals surface area contributed by atoms with E-state index in [4.69, 9.17) is 4.74 Å². The molecule has 5 nitrogen and oxygen atoms in total. The zero-order chi connectivity index (χ0) is 14.4. The molecule has 1 atom stereocenters. The summed E-state index contributed by atoms with van der Waals surface area (Å²) in [4.78, 5) is 11.4. The average Bonchev–Trinajstić information content (AvgIpc) is 2.48. The molecular weight excluding hydrogens is 244 g/mol. The molecule has 19 heavy (non-hydrogen) atoms. The van der Waals surface area contributed by atoms with Crippen LogP contribution in [0.4, 0.5) is 4.79 Å². The molecule has 0 radical (unpaired) electrons. The second-order valence-electron chi connectivity index (χ2n) is 6.36. The number of rotatable bonds is 4. The van der Waals surface area contributed by atoms with Gasteiger partial charge in [-0.05, 0) is 66.0 Å². The fraction of sp³-hybridized carbons (Fsp3) is 0.929. The van der Waals surface area contributed by atoms with Crippen molar-refractivity contribution < 1.29 is 14.6 Å². The van der Waals surface area contributed by atoms with E-state index in [1.807, 2.05) is 20.8 Å². The molecule has 0 aromatic heterocycles. The fourth-order valence-corrected chi connectivity index (χ4v) is 2.29. The van der Waals surface area contributed by atoms with Gasteiger partial charge in [0.25, 0.3) is 0 Å². The van der Waals surface area contributed by atoms with Crippen molar-refractivity contribution in [3.8, 4) is 0 Å². The molecule has 1 aliphatic heterocycles. The van der Waals surface area contributed by atoms with Gasteiger partial charge in [-0.25, -0.2) is 4.79 Å². The Balaban J connectivity index is 2.17. The monoisotopic (exact) mass is 272 g/mol. The number of carbonyl (C=O) groups is 1. The van der Waals surface area contributed by atoms with Gasteiger partial charge in [-0.3, -0.25) is 0 Å². The first-order valence-corrected chi connectivity index (χ1v) is 7.21. The van der Waals surface area contributed by atoms with Crippen LogP contribution in [0, 0.1) is 0 Å². The Morgan fingerprint density at radius 2 is 2.11 bits per heavy atom. The number of amides is 1. The van der Waals surface area contributed by atoms with Gasteiger partial charge in [-0.1, -0.05) is 0 Å². The van der Waals surface area contributed by atoms with Crippen molar-refractivity contribution in [1.82, 2.24) is 10.6 Å². The van der Waals surface area contributed by atoms with Crippen LogP contribution in [-0.2, 0) is 4.74 Å². The Kier molecular flexibility index (Phi) is 6.07. The quantitative estimate of drug-likeness (QED) is 0.682. The van der Waals surface area contributed by atoms with Crippen LogP contribution in [0.25, 0.3) is 0 Å². The van der Waals surface area contributed by atoms with Crippen molar-refractivity contribution in [3.05, 3.63) is 0 Å². The summed E-state index contributed by atoms with van der Waals surface area (Å²) < 4.78 is 5.15. The maximum atomic E-state index is 11.4. The zero-order valence-corrected chi connectivity index (χ0v) is 12.4. The number of hydrogen-bond acceptors (Lipinski definition) is 4. The van der Waals surface area contributed by atoms with Crippen LogP contribution in [0.3, 0.4) is 0 Å². The lowest BCUT2D eigenvalue weighted by atomic mass is 9.90. The average molecular weight is 272 g/mol. The van der Waals surface area contributed by atoms with Crippen molar-refractivity contribution in [3.63, 3.8) is 0 Å². The van der Waals surface area contributed by atoms with Gasteiger partial charge in [0.15, 0.2) is 0 Å². The van der Waals surface area contributed by atoms with E-state index in [1.165, 1.54) is 0 Å². The second kappa shape index (κ2) is 7.10. The van der Waals surface area contributed by atoms with Gasteiger partial charge in [-0.2, -0.15) is 0 Å². The van der Waals surface area contributed by atoms with Gasteiger partial charge < -0.3 is 20.5 Å². The van der Waals surface area contributed by atoms with E-state index in [-0.39, 0.29) is 6.09 Å². The van der Waals surface area contributed by atoms with E-state index in [2.05, 4.69) is 10.6 Å². The first-order valence-electron chi connectivity index (χ1n) is 7.21. The van der Waals surface area contributed by atoms with Crippen molar-refractivity contribution in [2.24, 2.45) is 0 Å². The Hall–Kier alpha value is -0.810. The number of nitrogens with one attached hydrogen (secondary N) is 2. The maximum Gasteiger partial charge on any atom is 0.407 e. The number of carbonyl (C=O) groups excluding carboxylic acids is 1. The lowest BCUT2D eigenvalue weighted by molar-refractivity contribution is 0.0168. The highest BCUT2D eigenvalue weighted by molar-refractivity contribution is 5.67. The van der Waals surface area contributed by atoms with Crippen LogP contribution in [0.15, 0.2) is 0 Å². The molecule has 0 spiro atoms. The van der Waals surface area contributed by atoms with Crippen molar-refractivity contribution in [1.29, 1.82) is 0 Å². The summed E-state index contributed by atoms with van der Waals surface area (Å²) >= 11 is 0. The van der Waals surface area contributed by atoms with E-state index in [0.29, 0.717) is 6.54 Å². The molecule has 0 aromatic carbocycles. The third-order valence-corrected chi connectivity index (χ3v) is 3.25. The Morgan fingerprint density at radius 1 is 1.37 bits per heavy atom. The summed E-state index contributed by atoms with van der Waals surface area (Å²) in [6.07, 6.45) is 3.75. The Labute approximate surface area is 116 Å². The summed E-state index contributed by atoms with van der Waals surface area (Å²) in [5, 5.41) is 16.4. The van der Waals surface area contributed by atoms with E-state index in [0.717, 1.165) is 45.2 Å². The van der Waals surface area contributed by atoms with Crippen LogP contribution in [0.1, 0.15) is 52.9 Å². The van der Waals surface area contributed by atoms with Gasteiger partial charge >= 0.3 is 6.09 Å². The van der Waals surface area contributed by atoms with E-state index >= 15 is 0 Å². The molecule has 1 heterocycles. The highest BCUT2D eigenvalue weighted by Crippen LogP contribution is 2.24. The van der Waals surface area contributed by atoms with Gasteiger partial charge in [0, 0.05) is 6.54 Å². The van der Waals surface area contributed by atoms with Gasteiger partial charge in [-0.15, -0.1) is 0 Å². The van der Waals surface area contributed by atoms with E-state index < -0.39 is 11.2 Å². The molecule has 1 rings (SSSR count). The zero-order valence-electron chi connectivity index (χ0n) is 12.4. The topological polar surface area (TPSA) is 70.6 Å². The number of hydrogen-bond donors (Lipinski definition) is 3. The molecule has 1 fully saturated rings. The van der Waals surface area contributed by atoms with Gasteiger partial charge in [0.05, 0.1) is 5.60 Å². The third kappa shape index (κ3) is 7.38. The molecule has 1 saturated heterocycles. The van der Waals surface area contributed by atoms with Crippen LogP contribution < -0.4 is 10.6 Å². The minimum atomic E-state index is -0.570. The van der Waals surface area contributed by atoms with Crippen LogP contribution in [-0.4, -0.2) is 42.0 Å². The van der Waals surface area contributed by atoms with Crippen LogP contribution in [0.2, 0.25) is 0 Å². The summed E-state index contributed by atoms with van der Waals surface area (Å²) in [6, 6.07) is 0. The summed E-state index contributed by atoms with van der Waals surface area (Å²) in [7, 11) is 0. The normalized spacial score (nSPS) is 24.6. The van der Waals surface area contributed by atoms with Gasteiger partial charge in [0.1, 0.15) is 5.60 Å². The van der Waals surface area contributed by atoms with Crippen LogP contribution >= 0.6 is 0 Å². The molecule has 1 unspecified atom stereocenters. The molecular formula is C14H28N2O3. The second-order valence-corrected chi connectivity index (χ2v) is 6.36. The molecule has 5 heteroatoms. The van der Waals surface area contributed by atoms with Crippen molar-refractivity contribution in [2.45, 2.75) is 64.1 Å². The molecule has 0 aliphatic carbocycles. The summed E-state index contributed by atoms with van der Waals surface area (Å²) in [6.45, 7) is 7.93. The SMILES string of the molecule is CC(C)(C)OC(=O)NCCCC1(O)CCCNCC1. The molecule has 1 aliphatic rings. The molecule has 3 N–H and O–H groups in total. The lowest BCUT2D eigenvalue weighted by Gasteiger charge is -2.26. The van der Waals surface area contributed by atoms with Crippen molar-refractivity contribution >= 4 is 6.09 Å². The number of alkyl carbamates (subject to hydrolysis) is 1. The highest BCUT2D eigenvalue weighted by Gasteiger charge is 2.27. The minimum absolute atomic E-state index is 0.387. The molecule has 0 aromatic rings. The number of ether oxygens (including phenoxy) is 1. The molecule has 0 bridgehead atoms. The van der Waals surface area contributed by atoms with Crippen LogP contribution in [0.5, 0.6) is 0 Å². The van der Waals surface area contributed by atoms with E-state index in [9.17, 15) is 9.90 Å². The van der Waals surface area contributed by atoms with Gasteiger partial charge in [0.2, 0.25) is 0 Å². The number of aliphatic hydroxyl groups is 1.